The normalized spacial score (nSPS) is 14.6. The molecule has 0 saturated heterocycles. The van der Waals surface area contributed by atoms with Crippen LogP contribution in [0.5, 0.6) is 11.5 Å². The molecule has 4 rings (SSSR count). The highest BCUT2D eigenvalue weighted by Gasteiger charge is 2.30. The molecule has 0 unspecified atom stereocenters. The average Bonchev–Trinajstić information content (AvgIpc) is 3.35. The number of esters is 1. The van der Waals surface area contributed by atoms with Gasteiger partial charge in [-0.25, -0.2) is 4.79 Å². The van der Waals surface area contributed by atoms with E-state index in [1.54, 1.807) is 11.8 Å². The summed E-state index contributed by atoms with van der Waals surface area (Å²) in [6.45, 7) is 6.00. The molecule has 1 aromatic heterocycles. The van der Waals surface area contributed by atoms with E-state index in [2.05, 4.69) is 5.10 Å². The standard InChI is InChI=1S/C21H25N3O5/c1-3-24-16-9-10-23(12-15(16)20(22-24)21(26)27-4-2)19(25)8-6-14-5-7-17-18(11-14)29-13-28-17/h5,7,11H,3-4,6,8-10,12-13H2,1-2H3. The third-order valence-electron chi connectivity index (χ3n) is 5.32. The van der Waals surface area contributed by atoms with Gasteiger partial charge in [0.15, 0.2) is 17.2 Å². The van der Waals surface area contributed by atoms with Crippen molar-refractivity contribution < 1.29 is 23.8 Å². The van der Waals surface area contributed by atoms with E-state index in [0.717, 1.165) is 28.3 Å². The minimum Gasteiger partial charge on any atom is -0.461 e. The molecule has 3 heterocycles. The van der Waals surface area contributed by atoms with Gasteiger partial charge in [0.05, 0.1) is 6.61 Å². The fourth-order valence-electron chi connectivity index (χ4n) is 3.83. The summed E-state index contributed by atoms with van der Waals surface area (Å²) in [4.78, 5) is 26.9. The smallest absolute Gasteiger partial charge is 0.359 e. The molecular weight excluding hydrogens is 374 g/mol. The molecule has 0 fully saturated rings. The SMILES string of the molecule is CCOC(=O)c1nn(CC)c2c1CN(C(=O)CCc1ccc3c(c1)OCO3)CC2. The zero-order chi connectivity index (χ0) is 20.4. The van der Waals surface area contributed by atoms with Gasteiger partial charge < -0.3 is 19.1 Å². The molecule has 8 nitrogen and oxygen atoms in total. The first-order valence-electron chi connectivity index (χ1n) is 10.0. The Hall–Kier alpha value is -3.03. The maximum absolute atomic E-state index is 12.8. The molecule has 154 valence electrons. The first-order valence-corrected chi connectivity index (χ1v) is 10.0. The molecule has 29 heavy (non-hydrogen) atoms. The Labute approximate surface area is 169 Å². The highest BCUT2D eigenvalue weighted by molar-refractivity contribution is 5.89. The molecule has 8 heteroatoms. The number of hydrogen-bond donors (Lipinski definition) is 0. The third kappa shape index (κ3) is 3.79. The number of fused-ring (bicyclic) bond motifs is 2. The van der Waals surface area contributed by atoms with E-state index >= 15 is 0 Å². The largest absolute Gasteiger partial charge is 0.461 e. The van der Waals surface area contributed by atoms with Crippen LogP contribution in [-0.2, 0) is 35.5 Å². The highest BCUT2D eigenvalue weighted by atomic mass is 16.7. The van der Waals surface area contributed by atoms with Crippen LogP contribution in [0.25, 0.3) is 0 Å². The lowest BCUT2D eigenvalue weighted by molar-refractivity contribution is -0.132. The number of amides is 1. The summed E-state index contributed by atoms with van der Waals surface area (Å²) in [5.41, 5.74) is 3.20. The second-order valence-corrected chi connectivity index (χ2v) is 7.06. The molecule has 1 aromatic carbocycles. The topological polar surface area (TPSA) is 82.9 Å². The van der Waals surface area contributed by atoms with Crippen LogP contribution in [0.4, 0.5) is 0 Å². The van der Waals surface area contributed by atoms with Crippen LogP contribution in [0.15, 0.2) is 18.2 Å². The van der Waals surface area contributed by atoms with Crippen LogP contribution in [-0.4, -0.2) is 46.5 Å². The Bertz CT molecular complexity index is 937. The summed E-state index contributed by atoms with van der Waals surface area (Å²) in [5.74, 6) is 1.10. The summed E-state index contributed by atoms with van der Waals surface area (Å²) in [6.07, 6.45) is 1.70. The lowest BCUT2D eigenvalue weighted by atomic mass is 10.0. The zero-order valence-electron chi connectivity index (χ0n) is 16.8. The van der Waals surface area contributed by atoms with Gasteiger partial charge in [0, 0.05) is 43.7 Å². The summed E-state index contributed by atoms with van der Waals surface area (Å²) < 4.78 is 17.7. The van der Waals surface area contributed by atoms with Gasteiger partial charge in [-0.2, -0.15) is 5.10 Å². The summed E-state index contributed by atoms with van der Waals surface area (Å²) in [7, 11) is 0. The van der Waals surface area contributed by atoms with Crippen molar-refractivity contribution in [2.45, 2.75) is 46.2 Å². The fourth-order valence-corrected chi connectivity index (χ4v) is 3.83. The molecule has 0 saturated carbocycles. The Morgan fingerprint density at radius 1 is 1.21 bits per heavy atom. The Morgan fingerprint density at radius 2 is 2.03 bits per heavy atom. The maximum Gasteiger partial charge on any atom is 0.359 e. The van der Waals surface area contributed by atoms with E-state index in [9.17, 15) is 9.59 Å². The van der Waals surface area contributed by atoms with Gasteiger partial charge in [-0.05, 0) is 38.0 Å². The molecule has 2 aliphatic rings. The van der Waals surface area contributed by atoms with Crippen LogP contribution in [0.1, 0.15) is 47.6 Å². The van der Waals surface area contributed by atoms with Gasteiger partial charge in [-0.1, -0.05) is 6.07 Å². The Balaban J connectivity index is 1.44. The lowest BCUT2D eigenvalue weighted by Crippen LogP contribution is -2.37. The van der Waals surface area contributed by atoms with Gasteiger partial charge in [0.1, 0.15) is 0 Å². The van der Waals surface area contributed by atoms with E-state index in [-0.39, 0.29) is 12.7 Å². The number of carbonyl (C=O) groups is 2. The summed E-state index contributed by atoms with van der Waals surface area (Å²) in [5, 5.41) is 4.43. The molecule has 0 radical (unpaired) electrons. The van der Waals surface area contributed by atoms with Crippen molar-refractivity contribution in [1.82, 2.24) is 14.7 Å². The second kappa shape index (κ2) is 8.14. The number of aryl methyl sites for hydroxylation is 2. The zero-order valence-corrected chi connectivity index (χ0v) is 16.8. The quantitative estimate of drug-likeness (QED) is 0.694. The molecule has 0 atom stereocenters. The highest BCUT2D eigenvalue weighted by Crippen LogP contribution is 2.33. The van der Waals surface area contributed by atoms with E-state index in [4.69, 9.17) is 14.2 Å². The predicted octanol–water partition coefficient (Wildman–Crippen LogP) is 2.33. The van der Waals surface area contributed by atoms with Crippen molar-refractivity contribution >= 4 is 11.9 Å². The second-order valence-electron chi connectivity index (χ2n) is 7.06. The van der Waals surface area contributed by atoms with Gasteiger partial charge in [-0.3, -0.25) is 9.48 Å². The molecule has 0 spiro atoms. The molecule has 1 amide bonds. The first kappa shape index (κ1) is 19.3. The van der Waals surface area contributed by atoms with Crippen molar-refractivity contribution in [3.05, 3.63) is 40.7 Å². The predicted molar refractivity (Wildman–Crippen MR) is 104 cm³/mol. The van der Waals surface area contributed by atoms with Crippen LogP contribution in [0.2, 0.25) is 0 Å². The van der Waals surface area contributed by atoms with Gasteiger partial charge in [0.25, 0.3) is 0 Å². The molecule has 2 aromatic rings. The minimum atomic E-state index is -0.425. The van der Waals surface area contributed by atoms with Crippen molar-refractivity contribution in [2.24, 2.45) is 0 Å². The maximum atomic E-state index is 12.8. The van der Waals surface area contributed by atoms with Gasteiger partial charge >= 0.3 is 5.97 Å². The van der Waals surface area contributed by atoms with E-state index < -0.39 is 5.97 Å². The number of ether oxygens (including phenoxy) is 3. The summed E-state index contributed by atoms with van der Waals surface area (Å²) >= 11 is 0. The van der Waals surface area contributed by atoms with Gasteiger partial charge in [0.2, 0.25) is 12.7 Å². The monoisotopic (exact) mass is 399 g/mol. The Morgan fingerprint density at radius 3 is 2.83 bits per heavy atom. The minimum absolute atomic E-state index is 0.0624. The molecule has 0 N–H and O–H groups in total. The van der Waals surface area contributed by atoms with Crippen LogP contribution >= 0.6 is 0 Å². The fraction of sp³-hybridized carbons (Fsp3) is 0.476. The lowest BCUT2D eigenvalue weighted by Gasteiger charge is -2.28. The summed E-state index contributed by atoms with van der Waals surface area (Å²) in [6, 6.07) is 5.76. The number of aromatic nitrogens is 2. The molecule has 0 bridgehead atoms. The number of hydrogen-bond acceptors (Lipinski definition) is 6. The van der Waals surface area contributed by atoms with Crippen LogP contribution in [0.3, 0.4) is 0 Å². The van der Waals surface area contributed by atoms with Crippen LogP contribution < -0.4 is 9.47 Å². The van der Waals surface area contributed by atoms with Crippen molar-refractivity contribution in [1.29, 1.82) is 0 Å². The van der Waals surface area contributed by atoms with E-state index in [0.29, 0.717) is 51.2 Å². The van der Waals surface area contributed by atoms with Crippen LogP contribution in [0, 0.1) is 0 Å². The number of rotatable bonds is 6. The number of carbonyl (C=O) groups excluding carboxylic acids is 2. The number of nitrogens with zero attached hydrogens (tertiary/aromatic N) is 3. The third-order valence-corrected chi connectivity index (χ3v) is 5.32. The molecule has 0 aliphatic carbocycles. The number of benzene rings is 1. The van der Waals surface area contributed by atoms with Crippen molar-refractivity contribution in [3.63, 3.8) is 0 Å². The first-order chi connectivity index (χ1) is 14.1. The van der Waals surface area contributed by atoms with E-state index in [1.807, 2.05) is 29.8 Å². The van der Waals surface area contributed by atoms with Gasteiger partial charge in [-0.15, -0.1) is 0 Å². The Kier molecular flexibility index (Phi) is 5.42. The van der Waals surface area contributed by atoms with E-state index in [1.165, 1.54) is 0 Å². The molecular formula is C21H25N3O5. The average molecular weight is 399 g/mol. The van der Waals surface area contributed by atoms with Crippen molar-refractivity contribution in [3.8, 4) is 11.5 Å². The van der Waals surface area contributed by atoms with Crippen molar-refractivity contribution in [2.75, 3.05) is 19.9 Å². The molecule has 2 aliphatic heterocycles.